The third-order valence-electron chi connectivity index (χ3n) is 1.11. The van der Waals surface area contributed by atoms with Crippen molar-refractivity contribution >= 4 is 0 Å². The monoisotopic (exact) mass is 136 g/mol. The molecule has 0 aromatic heterocycles. The maximum absolute atomic E-state index is 2.18. The van der Waals surface area contributed by atoms with E-state index in [1.54, 1.807) is 0 Å². The summed E-state index contributed by atoms with van der Waals surface area (Å²) in [6, 6.07) is 0. The number of allylic oxidation sites excluding steroid dienone is 6. The van der Waals surface area contributed by atoms with Crippen LogP contribution in [0.4, 0.5) is 0 Å². The van der Waals surface area contributed by atoms with Crippen LogP contribution in [0.2, 0.25) is 0 Å². The zero-order valence-corrected chi connectivity index (χ0v) is 6.88. The number of hydrogen-bond acceptors (Lipinski definition) is 0. The van der Waals surface area contributed by atoms with Crippen LogP contribution in [-0.4, -0.2) is 0 Å². The third-order valence-corrected chi connectivity index (χ3v) is 1.11. The first-order chi connectivity index (χ1) is 4.91. The van der Waals surface area contributed by atoms with E-state index in [4.69, 9.17) is 0 Å². The summed E-state index contributed by atoms with van der Waals surface area (Å²) in [6.45, 7) is 4.17. The van der Waals surface area contributed by atoms with E-state index in [9.17, 15) is 0 Å². The average Bonchev–Trinajstić information content (AvgIpc) is 1.97. The van der Waals surface area contributed by atoms with Gasteiger partial charge in [0.05, 0.1) is 0 Å². The number of rotatable bonds is 4. The van der Waals surface area contributed by atoms with Crippen LogP contribution in [0.5, 0.6) is 0 Å². The van der Waals surface area contributed by atoms with Crippen molar-refractivity contribution in [2.24, 2.45) is 0 Å². The Balaban J connectivity index is 3.26. The topological polar surface area (TPSA) is 0 Å². The number of hydrogen-bond donors (Lipinski definition) is 0. The Hall–Kier alpha value is -0.780. The van der Waals surface area contributed by atoms with Crippen LogP contribution in [0.1, 0.15) is 26.7 Å². The van der Waals surface area contributed by atoms with Crippen LogP contribution in [0.15, 0.2) is 36.5 Å². The highest BCUT2D eigenvalue weighted by Crippen LogP contribution is 1.88. The summed E-state index contributed by atoms with van der Waals surface area (Å²) in [5.74, 6) is 0. The molecule has 0 aromatic carbocycles. The molecule has 0 aromatic rings. The van der Waals surface area contributed by atoms with Gasteiger partial charge >= 0.3 is 0 Å². The summed E-state index contributed by atoms with van der Waals surface area (Å²) in [7, 11) is 0. The van der Waals surface area contributed by atoms with Crippen molar-refractivity contribution in [2.45, 2.75) is 26.7 Å². The summed E-state index contributed by atoms with van der Waals surface area (Å²) < 4.78 is 0. The fourth-order valence-corrected chi connectivity index (χ4v) is 0.610. The van der Waals surface area contributed by atoms with E-state index in [-0.39, 0.29) is 0 Å². The lowest BCUT2D eigenvalue weighted by molar-refractivity contribution is 1.20. The van der Waals surface area contributed by atoms with E-state index in [1.165, 1.54) is 0 Å². The molecule has 0 bridgehead atoms. The predicted octanol–water partition coefficient (Wildman–Crippen LogP) is 3.48. The van der Waals surface area contributed by atoms with Crippen LogP contribution < -0.4 is 0 Å². The molecule has 0 aliphatic heterocycles. The van der Waals surface area contributed by atoms with Crippen LogP contribution in [-0.2, 0) is 0 Å². The highest BCUT2D eigenvalue weighted by molar-refractivity contribution is 5.03. The molecule has 56 valence electrons. The minimum Gasteiger partial charge on any atom is -0.0885 e. The van der Waals surface area contributed by atoms with Crippen LogP contribution in [0.3, 0.4) is 0 Å². The summed E-state index contributed by atoms with van der Waals surface area (Å²) in [4.78, 5) is 0. The normalized spacial score (nSPS) is 12.6. The van der Waals surface area contributed by atoms with Gasteiger partial charge in [-0.3, -0.25) is 0 Å². The quantitative estimate of drug-likeness (QED) is 0.410. The summed E-state index contributed by atoms with van der Waals surface area (Å²) in [6.07, 6.45) is 14.8. The van der Waals surface area contributed by atoms with Crippen molar-refractivity contribution in [1.82, 2.24) is 0 Å². The molecular formula is C10H16. The molecule has 0 unspecified atom stereocenters. The molecule has 0 spiro atoms. The van der Waals surface area contributed by atoms with Gasteiger partial charge in [0.25, 0.3) is 0 Å². The molecule has 0 saturated carbocycles. The van der Waals surface area contributed by atoms with E-state index in [1.807, 2.05) is 19.1 Å². The highest BCUT2D eigenvalue weighted by Gasteiger charge is 1.67. The molecule has 0 aliphatic carbocycles. The second-order valence-electron chi connectivity index (χ2n) is 2.07. The average molecular weight is 136 g/mol. The standard InChI is InChI=1S/C10H16/c1-3-5-7-9-10-8-6-4-2/h3,5-9H,4,10H2,1-2H3/b5-3-,8-6+,9-7-. The van der Waals surface area contributed by atoms with Crippen molar-refractivity contribution in [3.05, 3.63) is 36.5 Å². The fraction of sp³-hybridized carbons (Fsp3) is 0.400. The van der Waals surface area contributed by atoms with Gasteiger partial charge in [0, 0.05) is 0 Å². The first-order valence-electron chi connectivity index (χ1n) is 3.84. The molecule has 0 atom stereocenters. The molecule has 0 nitrogen and oxygen atoms in total. The van der Waals surface area contributed by atoms with Crippen molar-refractivity contribution < 1.29 is 0 Å². The van der Waals surface area contributed by atoms with Gasteiger partial charge in [0.15, 0.2) is 0 Å². The van der Waals surface area contributed by atoms with Gasteiger partial charge in [0.1, 0.15) is 0 Å². The van der Waals surface area contributed by atoms with Gasteiger partial charge in [-0.2, -0.15) is 0 Å². The molecule has 0 amide bonds. The Morgan fingerprint density at radius 1 is 1.00 bits per heavy atom. The SMILES string of the molecule is C/C=C\C=C/C/C=C/CC. The minimum atomic E-state index is 1.05. The van der Waals surface area contributed by atoms with Gasteiger partial charge in [-0.25, -0.2) is 0 Å². The first kappa shape index (κ1) is 9.22. The lowest BCUT2D eigenvalue weighted by Crippen LogP contribution is -1.57. The lowest BCUT2D eigenvalue weighted by atomic mass is 10.3. The Kier molecular flexibility index (Phi) is 7.58. The van der Waals surface area contributed by atoms with Gasteiger partial charge in [-0.1, -0.05) is 43.4 Å². The Morgan fingerprint density at radius 2 is 1.80 bits per heavy atom. The Bertz CT molecular complexity index is 127. The van der Waals surface area contributed by atoms with Gasteiger partial charge in [0.2, 0.25) is 0 Å². The lowest BCUT2D eigenvalue weighted by Gasteiger charge is -1.78. The van der Waals surface area contributed by atoms with Crippen LogP contribution >= 0.6 is 0 Å². The minimum absolute atomic E-state index is 1.05. The van der Waals surface area contributed by atoms with Crippen LogP contribution in [0.25, 0.3) is 0 Å². The molecule has 0 aliphatic rings. The zero-order chi connectivity index (χ0) is 7.66. The molecule has 0 fully saturated rings. The molecule has 0 heteroatoms. The first-order valence-corrected chi connectivity index (χ1v) is 3.84. The third kappa shape index (κ3) is 7.22. The smallest absolute Gasteiger partial charge is 0.0166 e. The van der Waals surface area contributed by atoms with E-state index in [0.29, 0.717) is 0 Å². The summed E-state index contributed by atoms with van der Waals surface area (Å²) in [5.41, 5.74) is 0. The second kappa shape index (κ2) is 8.22. The summed E-state index contributed by atoms with van der Waals surface area (Å²) >= 11 is 0. The highest BCUT2D eigenvalue weighted by atomic mass is 13.7. The van der Waals surface area contributed by atoms with Crippen molar-refractivity contribution in [3.8, 4) is 0 Å². The van der Waals surface area contributed by atoms with Gasteiger partial charge in [-0.05, 0) is 19.8 Å². The van der Waals surface area contributed by atoms with E-state index < -0.39 is 0 Å². The van der Waals surface area contributed by atoms with Crippen molar-refractivity contribution in [3.63, 3.8) is 0 Å². The zero-order valence-electron chi connectivity index (χ0n) is 6.88. The molecule has 10 heavy (non-hydrogen) atoms. The molecule has 0 radical (unpaired) electrons. The molecular weight excluding hydrogens is 120 g/mol. The summed E-state index contributed by atoms with van der Waals surface area (Å²) in [5, 5.41) is 0. The molecule has 0 rings (SSSR count). The molecule has 0 heterocycles. The van der Waals surface area contributed by atoms with E-state index in [0.717, 1.165) is 12.8 Å². The van der Waals surface area contributed by atoms with Crippen LogP contribution in [0, 0.1) is 0 Å². The van der Waals surface area contributed by atoms with Crippen molar-refractivity contribution in [1.29, 1.82) is 0 Å². The van der Waals surface area contributed by atoms with Crippen molar-refractivity contribution in [2.75, 3.05) is 0 Å². The predicted molar refractivity (Wildman–Crippen MR) is 48.0 cm³/mol. The van der Waals surface area contributed by atoms with Gasteiger partial charge in [-0.15, -0.1) is 0 Å². The van der Waals surface area contributed by atoms with E-state index >= 15 is 0 Å². The fourth-order valence-electron chi connectivity index (χ4n) is 0.610. The second-order valence-corrected chi connectivity index (χ2v) is 2.07. The largest absolute Gasteiger partial charge is 0.0885 e. The maximum atomic E-state index is 2.18. The maximum Gasteiger partial charge on any atom is -0.0166 e. The van der Waals surface area contributed by atoms with E-state index in [2.05, 4.69) is 31.2 Å². The molecule has 0 N–H and O–H groups in total. The Labute approximate surface area is 64.0 Å². The Morgan fingerprint density at radius 3 is 2.40 bits per heavy atom. The molecule has 0 saturated heterocycles. The van der Waals surface area contributed by atoms with Gasteiger partial charge < -0.3 is 0 Å².